The topological polar surface area (TPSA) is 112 Å². The fourth-order valence-electron chi connectivity index (χ4n) is 2.05. The first-order chi connectivity index (χ1) is 11.5. The van der Waals surface area contributed by atoms with Crippen LogP contribution in [0.3, 0.4) is 0 Å². The Balaban J connectivity index is 2.22. The van der Waals surface area contributed by atoms with Crippen molar-refractivity contribution in [2.24, 2.45) is 5.73 Å². The predicted octanol–water partition coefficient (Wildman–Crippen LogP) is 1.65. The molecule has 9 heteroatoms. The fraction of sp³-hybridized carbons (Fsp3) is 0.333. The van der Waals surface area contributed by atoms with E-state index in [0.717, 1.165) is 11.3 Å². The lowest BCUT2D eigenvalue weighted by atomic mass is 10.2. The zero-order chi connectivity index (χ0) is 17.7. The number of urea groups is 1. The number of hydrogen-bond donors (Lipinski definition) is 2. The number of benzene rings is 1. The zero-order valence-electron chi connectivity index (χ0n) is 13.6. The van der Waals surface area contributed by atoms with Crippen molar-refractivity contribution in [3.05, 3.63) is 24.3 Å². The van der Waals surface area contributed by atoms with E-state index in [1.54, 1.807) is 14.0 Å². The summed E-state index contributed by atoms with van der Waals surface area (Å²) in [6.45, 7) is 4.28. The molecule has 128 valence electrons. The van der Waals surface area contributed by atoms with E-state index in [-0.39, 0.29) is 0 Å². The van der Waals surface area contributed by atoms with Gasteiger partial charge in [-0.25, -0.2) is 4.79 Å². The van der Waals surface area contributed by atoms with Crippen LogP contribution >= 0.6 is 11.8 Å². The summed E-state index contributed by atoms with van der Waals surface area (Å²) in [6, 6.07) is 6.61. The van der Waals surface area contributed by atoms with E-state index < -0.39 is 17.2 Å². The summed E-state index contributed by atoms with van der Waals surface area (Å²) in [7, 11) is 1.61. The predicted molar refractivity (Wildman–Crippen MR) is 90.7 cm³/mol. The fourth-order valence-corrected chi connectivity index (χ4v) is 2.96. The summed E-state index contributed by atoms with van der Waals surface area (Å²) in [5.41, 5.74) is 5.86. The Hall–Kier alpha value is -2.55. The Morgan fingerprint density at radius 3 is 2.54 bits per heavy atom. The number of nitrogens with two attached hydrogens (primary N) is 1. The van der Waals surface area contributed by atoms with Gasteiger partial charge in [-0.05, 0) is 38.1 Å². The van der Waals surface area contributed by atoms with Crippen LogP contribution in [0.2, 0.25) is 0 Å². The monoisotopic (exact) mass is 349 g/mol. The zero-order valence-corrected chi connectivity index (χ0v) is 14.5. The van der Waals surface area contributed by atoms with Crippen LogP contribution in [0.1, 0.15) is 13.8 Å². The van der Waals surface area contributed by atoms with Gasteiger partial charge in [0.15, 0.2) is 11.0 Å². The van der Waals surface area contributed by atoms with E-state index >= 15 is 0 Å². The van der Waals surface area contributed by atoms with Crippen LogP contribution in [-0.4, -0.2) is 39.1 Å². The van der Waals surface area contributed by atoms with Gasteiger partial charge in [-0.2, -0.15) is 0 Å². The van der Waals surface area contributed by atoms with Crippen LogP contribution in [-0.2, 0) is 11.3 Å². The molecule has 2 aromatic rings. The molecule has 3 amide bonds. The largest absolute Gasteiger partial charge is 0.497 e. The number of carbonyl (C=O) groups is 2. The summed E-state index contributed by atoms with van der Waals surface area (Å²) in [4.78, 5) is 22.6. The average Bonchev–Trinajstić information content (AvgIpc) is 2.96. The minimum atomic E-state index is -0.872. The number of aromatic nitrogens is 3. The SMILES string of the molecule is CCn1c(S[C@@H](C)C(=O)NC(N)=O)nnc1-c1ccc(OC)cc1. The van der Waals surface area contributed by atoms with Crippen LogP contribution in [0, 0.1) is 0 Å². The maximum Gasteiger partial charge on any atom is 0.318 e. The standard InChI is InChI=1S/C15H19N5O3S/c1-4-20-12(10-5-7-11(23-3)8-6-10)18-19-15(20)24-9(2)13(21)17-14(16)22/h5-9H,4H2,1-3H3,(H3,16,17,21,22)/t9-/m0/s1. The molecular formula is C15H19N5O3S. The van der Waals surface area contributed by atoms with Gasteiger partial charge in [0.25, 0.3) is 0 Å². The van der Waals surface area contributed by atoms with E-state index in [1.165, 1.54) is 11.8 Å². The third kappa shape index (κ3) is 4.05. The van der Waals surface area contributed by atoms with Gasteiger partial charge in [-0.1, -0.05) is 11.8 Å². The number of primary amides is 1. The molecule has 0 unspecified atom stereocenters. The molecule has 0 fully saturated rings. The van der Waals surface area contributed by atoms with E-state index in [2.05, 4.69) is 15.5 Å². The highest BCUT2D eigenvalue weighted by molar-refractivity contribution is 8.00. The minimum Gasteiger partial charge on any atom is -0.497 e. The Bertz CT molecular complexity index is 729. The molecule has 0 radical (unpaired) electrons. The number of ether oxygens (including phenoxy) is 1. The Kier molecular flexibility index (Phi) is 5.80. The molecule has 2 rings (SSSR count). The quantitative estimate of drug-likeness (QED) is 0.767. The van der Waals surface area contributed by atoms with Gasteiger partial charge in [-0.3, -0.25) is 10.1 Å². The van der Waals surface area contributed by atoms with Crippen molar-refractivity contribution in [2.75, 3.05) is 7.11 Å². The molecule has 8 nitrogen and oxygen atoms in total. The van der Waals surface area contributed by atoms with Crippen molar-refractivity contribution in [3.63, 3.8) is 0 Å². The van der Waals surface area contributed by atoms with Crippen molar-refractivity contribution in [1.82, 2.24) is 20.1 Å². The number of imide groups is 1. The summed E-state index contributed by atoms with van der Waals surface area (Å²) in [5, 5.41) is 10.5. The third-order valence-corrected chi connectivity index (χ3v) is 4.36. The number of carbonyl (C=O) groups excluding carboxylic acids is 2. The number of amides is 3. The molecule has 1 atom stereocenters. The van der Waals surface area contributed by atoms with Gasteiger partial charge in [0.05, 0.1) is 12.4 Å². The lowest BCUT2D eigenvalue weighted by Crippen LogP contribution is -2.39. The second-order valence-corrected chi connectivity index (χ2v) is 6.20. The summed E-state index contributed by atoms with van der Waals surface area (Å²) < 4.78 is 7.05. The molecule has 0 saturated carbocycles. The third-order valence-electron chi connectivity index (χ3n) is 3.28. The van der Waals surface area contributed by atoms with E-state index in [1.807, 2.05) is 35.8 Å². The van der Waals surface area contributed by atoms with Crippen molar-refractivity contribution >= 4 is 23.7 Å². The maximum absolute atomic E-state index is 11.8. The van der Waals surface area contributed by atoms with Gasteiger partial charge >= 0.3 is 6.03 Å². The maximum atomic E-state index is 11.8. The van der Waals surface area contributed by atoms with Gasteiger partial charge < -0.3 is 15.0 Å². The molecule has 0 saturated heterocycles. The van der Waals surface area contributed by atoms with Crippen LogP contribution < -0.4 is 15.8 Å². The molecule has 1 aromatic carbocycles. The molecule has 1 aromatic heterocycles. The van der Waals surface area contributed by atoms with Gasteiger partial charge in [0.1, 0.15) is 5.75 Å². The van der Waals surface area contributed by atoms with Crippen molar-refractivity contribution in [1.29, 1.82) is 0 Å². The van der Waals surface area contributed by atoms with E-state index in [9.17, 15) is 9.59 Å². The average molecular weight is 349 g/mol. The van der Waals surface area contributed by atoms with Crippen molar-refractivity contribution in [2.45, 2.75) is 30.8 Å². The second kappa shape index (κ2) is 7.82. The number of thioether (sulfide) groups is 1. The Morgan fingerprint density at radius 1 is 1.33 bits per heavy atom. The number of nitrogens with zero attached hydrogens (tertiary/aromatic N) is 3. The van der Waals surface area contributed by atoms with Crippen LogP contribution in [0.25, 0.3) is 11.4 Å². The smallest absolute Gasteiger partial charge is 0.318 e. The van der Waals surface area contributed by atoms with Crippen molar-refractivity contribution < 1.29 is 14.3 Å². The van der Waals surface area contributed by atoms with Crippen LogP contribution in [0.5, 0.6) is 5.75 Å². The van der Waals surface area contributed by atoms with Gasteiger partial charge in [0, 0.05) is 12.1 Å². The molecule has 24 heavy (non-hydrogen) atoms. The van der Waals surface area contributed by atoms with Crippen LogP contribution in [0.4, 0.5) is 4.79 Å². The molecule has 0 bridgehead atoms. The first-order valence-corrected chi connectivity index (χ1v) is 8.18. The molecule has 0 spiro atoms. The highest BCUT2D eigenvalue weighted by atomic mass is 32.2. The highest BCUT2D eigenvalue weighted by Crippen LogP contribution is 2.27. The first kappa shape index (κ1) is 17.8. The molecule has 0 aliphatic rings. The Labute approximate surface area is 143 Å². The van der Waals surface area contributed by atoms with Crippen molar-refractivity contribution in [3.8, 4) is 17.1 Å². The number of rotatable bonds is 6. The number of hydrogen-bond acceptors (Lipinski definition) is 6. The summed E-state index contributed by atoms with van der Waals surface area (Å²) in [6.07, 6.45) is 0. The van der Waals surface area contributed by atoms with Crippen LogP contribution in [0.15, 0.2) is 29.4 Å². The summed E-state index contributed by atoms with van der Waals surface area (Å²) >= 11 is 1.21. The minimum absolute atomic E-state index is 0.468. The van der Waals surface area contributed by atoms with E-state index in [0.29, 0.717) is 17.5 Å². The first-order valence-electron chi connectivity index (χ1n) is 7.30. The lowest BCUT2D eigenvalue weighted by Gasteiger charge is -2.11. The molecule has 3 N–H and O–H groups in total. The second-order valence-electron chi connectivity index (χ2n) is 4.89. The summed E-state index contributed by atoms with van der Waals surface area (Å²) in [5.74, 6) is 0.988. The number of methoxy groups -OCH3 is 1. The normalized spacial score (nSPS) is 11.8. The number of nitrogens with one attached hydrogen (secondary N) is 1. The molecule has 0 aliphatic carbocycles. The lowest BCUT2D eigenvalue weighted by molar-refractivity contribution is -0.119. The molecule has 1 heterocycles. The molecule has 0 aliphatic heterocycles. The highest BCUT2D eigenvalue weighted by Gasteiger charge is 2.21. The van der Waals surface area contributed by atoms with Gasteiger partial charge in [-0.15, -0.1) is 10.2 Å². The van der Waals surface area contributed by atoms with Gasteiger partial charge in [0.2, 0.25) is 5.91 Å². The molecular weight excluding hydrogens is 330 g/mol. The van der Waals surface area contributed by atoms with E-state index in [4.69, 9.17) is 10.5 Å². The Morgan fingerprint density at radius 2 is 2.00 bits per heavy atom.